The van der Waals surface area contributed by atoms with Crippen LogP contribution in [0, 0.1) is 0 Å². The van der Waals surface area contributed by atoms with Crippen LogP contribution in [-0.4, -0.2) is 21.3 Å². The van der Waals surface area contributed by atoms with Crippen LogP contribution in [0.25, 0.3) is 0 Å². The van der Waals surface area contributed by atoms with Crippen molar-refractivity contribution < 1.29 is 14.2 Å². The van der Waals surface area contributed by atoms with Gasteiger partial charge in [-0.15, -0.1) is 0 Å². The van der Waals surface area contributed by atoms with E-state index in [-0.39, 0.29) is 25.7 Å². The predicted octanol–water partition coefficient (Wildman–Crippen LogP) is 4.35. The summed E-state index contributed by atoms with van der Waals surface area (Å²) >= 11 is 24.0. The summed E-state index contributed by atoms with van der Waals surface area (Å²) in [6.07, 6.45) is 0. The molecule has 96 valence electrons. The van der Waals surface area contributed by atoms with E-state index in [0.29, 0.717) is 0 Å². The first-order valence-corrected chi connectivity index (χ1v) is 5.93. The van der Waals surface area contributed by atoms with E-state index in [1.165, 1.54) is 27.4 Å². The minimum Gasteiger partial charge on any atom is -0.327 e. The highest BCUT2D eigenvalue weighted by Crippen LogP contribution is 2.44. The molecule has 0 aliphatic heterocycles. The zero-order chi connectivity index (χ0) is 13.2. The van der Waals surface area contributed by atoms with Gasteiger partial charge in [0, 0.05) is 21.3 Å². The Labute approximate surface area is 119 Å². The van der Waals surface area contributed by atoms with Gasteiger partial charge in [-0.25, -0.2) is 0 Å². The lowest BCUT2D eigenvalue weighted by Gasteiger charge is -2.30. The molecule has 0 radical (unpaired) electrons. The second-order valence-corrected chi connectivity index (χ2v) is 4.58. The fourth-order valence-electron chi connectivity index (χ4n) is 1.40. The van der Waals surface area contributed by atoms with Crippen molar-refractivity contribution >= 4 is 46.4 Å². The highest BCUT2D eigenvalue weighted by atomic mass is 35.5. The van der Waals surface area contributed by atoms with Gasteiger partial charge in [0.05, 0.1) is 25.7 Å². The Morgan fingerprint density at radius 1 is 0.824 bits per heavy atom. The van der Waals surface area contributed by atoms with Crippen LogP contribution in [0.5, 0.6) is 0 Å². The largest absolute Gasteiger partial charge is 0.327 e. The first-order valence-electron chi connectivity index (χ1n) is 4.42. The summed E-state index contributed by atoms with van der Waals surface area (Å²) in [5, 5.41) is 0.774. The van der Waals surface area contributed by atoms with Gasteiger partial charge >= 0.3 is 5.97 Å². The summed E-state index contributed by atoms with van der Waals surface area (Å²) in [6, 6.07) is 1.43. The van der Waals surface area contributed by atoms with Gasteiger partial charge in [-0.2, -0.15) is 0 Å². The molecule has 1 aromatic carbocycles. The van der Waals surface area contributed by atoms with E-state index in [1.807, 2.05) is 0 Å². The summed E-state index contributed by atoms with van der Waals surface area (Å²) in [7, 11) is 4.15. The number of hydrogen-bond acceptors (Lipinski definition) is 3. The molecule has 3 nitrogen and oxygen atoms in total. The molecule has 0 atom stereocenters. The Balaban J connectivity index is 3.58. The van der Waals surface area contributed by atoms with Gasteiger partial charge in [0.15, 0.2) is 0 Å². The third kappa shape index (κ3) is 2.66. The van der Waals surface area contributed by atoms with Crippen LogP contribution in [0.1, 0.15) is 5.56 Å². The summed E-state index contributed by atoms with van der Waals surface area (Å²) in [4.78, 5) is 0. The molecule has 0 amide bonds. The number of rotatable bonds is 4. The maximum absolute atomic E-state index is 6.08. The average Bonchev–Trinajstić information content (AvgIpc) is 2.33. The number of benzene rings is 1. The van der Waals surface area contributed by atoms with Crippen molar-refractivity contribution in [2.24, 2.45) is 0 Å². The van der Waals surface area contributed by atoms with Gasteiger partial charge < -0.3 is 14.2 Å². The molecule has 0 N–H and O–H groups in total. The number of ether oxygens (including phenoxy) is 3. The predicted molar refractivity (Wildman–Crippen MR) is 69.2 cm³/mol. The van der Waals surface area contributed by atoms with E-state index >= 15 is 0 Å². The number of methoxy groups -OCH3 is 3. The smallest absolute Gasteiger partial charge is 0.314 e. The lowest BCUT2D eigenvalue weighted by atomic mass is 10.1. The third-order valence-electron chi connectivity index (χ3n) is 2.22. The standard InChI is InChI=1S/C10H10Cl4O3/c1-15-10(16-2,17-3)7-8(13)5(11)4-6(12)9(7)14/h4H,1-3H3. The minimum atomic E-state index is -1.55. The fourth-order valence-corrected chi connectivity index (χ4v) is 2.44. The molecule has 0 unspecified atom stereocenters. The Morgan fingerprint density at radius 3 is 1.47 bits per heavy atom. The fraction of sp³-hybridized carbons (Fsp3) is 0.400. The first-order chi connectivity index (χ1) is 7.93. The molecule has 0 aliphatic carbocycles. The Hall–Kier alpha value is 0.260. The molecular formula is C10H10Cl4O3. The van der Waals surface area contributed by atoms with Gasteiger partial charge in [-0.3, -0.25) is 0 Å². The minimum absolute atomic E-state index is 0.159. The number of halogens is 4. The van der Waals surface area contributed by atoms with Crippen molar-refractivity contribution in [3.05, 3.63) is 31.7 Å². The van der Waals surface area contributed by atoms with E-state index < -0.39 is 5.97 Å². The molecule has 1 aromatic rings. The van der Waals surface area contributed by atoms with Crippen molar-refractivity contribution in [1.82, 2.24) is 0 Å². The second-order valence-electron chi connectivity index (χ2n) is 3.01. The summed E-state index contributed by atoms with van der Waals surface area (Å²) in [6.45, 7) is 0. The molecule has 0 bridgehead atoms. The van der Waals surface area contributed by atoms with Gasteiger partial charge in [0.25, 0.3) is 0 Å². The van der Waals surface area contributed by atoms with E-state index in [0.717, 1.165) is 0 Å². The quantitative estimate of drug-likeness (QED) is 0.610. The monoisotopic (exact) mass is 318 g/mol. The van der Waals surface area contributed by atoms with Crippen LogP contribution >= 0.6 is 46.4 Å². The molecule has 0 aromatic heterocycles. The molecule has 0 aliphatic rings. The van der Waals surface area contributed by atoms with Crippen LogP contribution in [0.2, 0.25) is 20.1 Å². The van der Waals surface area contributed by atoms with E-state index in [9.17, 15) is 0 Å². The van der Waals surface area contributed by atoms with Crippen molar-refractivity contribution in [3.63, 3.8) is 0 Å². The third-order valence-corrected chi connectivity index (χ3v) is 3.80. The van der Waals surface area contributed by atoms with Gasteiger partial charge in [0.1, 0.15) is 0 Å². The topological polar surface area (TPSA) is 27.7 Å². The average molecular weight is 320 g/mol. The summed E-state index contributed by atoms with van der Waals surface area (Å²) in [5.74, 6) is -1.55. The summed E-state index contributed by atoms with van der Waals surface area (Å²) in [5.41, 5.74) is 0.228. The molecule has 17 heavy (non-hydrogen) atoms. The first kappa shape index (κ1) is 15.3. The zero-order valence-electron chi connectivity index (χ0n) is 9.31. The normalized spacial score (nSPS) is 11.9. The molecule has 1 rings (SSSR count). The van der Waals surface area contributed by atoms with Crippen LogP contribution < -0.4 is 0 Å². The van der Waals surface area contributed by atoms with Crippen molar-refractivity contribution in [2.75, 3.05) is 21.3 Å². The Morgan fingerprint density at radius 2 is 1.18 bits per heavy atom. The van der Waals surface area contributed by atoms with E-state index in [1.54, 1.807) is 0 Å². The maximum atomic E-state index is 6.08. The van der Waals surface area contributed by atoms with Gasteiger partial charge in [-0.1, -0.05) is 46.4 Å². The van der Waals surface area contributed by atoms with Crippen LogP contribution in [0.15, 0.2) is 6.07 Å². The second kappa shape index (κ2) is 5.93. The molecule has 0 heterocycles. The molecule has 0 spiro atoms. The van der Waals surface area contributed by atoms with E-state index in [4.69, 9.17) is 60.6 Å². The molecule has 0 fully saturated rings. The highest BCUT2D eigenvalue weighted by molar-refractivity contribution is 6.48. The molecular weight excluding hydrogens is 310 g/mol. The zero-order valence-corrected chi connectivity index (χ0v) is 12.3. The maximum Gasteiger partial charge on any atom is 0.314 e. The van der Waals surface area contributed by atoms with Crippen molar-refractivity contribution in [2.45, 2.75) is 5.97 Å². The van der Waals surface area contributed by atoms with E-state index in [2.05, 4.69) is 0 Å². The van der Waals surface area contributed by atoms with Crippen LogP contribution in [0.4, 0.5) is 0 Å². The Bertz CT molecular complexity index is 384. The summed E-state index contributed by atoms with van der Waals surface area (Å²) < 4.78 is 15.5. The van der Waals surface area contributed by atoms with Gasteiger partial charge in [0.2, 0.25) is 0 Å². The van der Waals surface area contributed by atoms with Crippen LogP contribution in [0.3, 0.4) is 0 Å². The lowest BCUT2D eigenvalue weighted by Crippen LogP contribution is -2.33. The van der Waals surface area contributed by atoms with Crippen molar-refractivity contribution in [3.8, 4) is 0 Å². The van der Waals surface area contributed by atoms with Crippen molar-refractivity contribution in [1.29, 1.82) is 0 Å². The lowest BCUT2D eigenvalue weighted by molar-refractivity contribution is -0.364. The molecule has 7 heteroatoms. The Kier molecular flexibility index (Phi) is 5.35. The molecule has 0 saturated heterocycles. The molecule has 0 saturated carbocycles. The van der Waals surface area contributed by atoms with Gasteiger partial charge in [-0.05, 0) is 6.07 Å². The highest BCUT2D eigenvalue weighted by Gasteiger charge is 2.38. The number of hydrogen-bond donors (Lipinski definition) is 0. The SMILES string of the molecule is COC(OC)(OC)c1c(Cl)c(Cl)cc(Cl)c1Cl. The van der Waals surface area contributed by atoms with Crippen LogP contribution in [-0.2, 0) is 20.2 Å².